The number of hydrogen-bond donors (Lipinski definition) is 1. The van der Waals surface area contributed by atoms with E-state index in [4.69, 9.17) is 9.97 Å². The van der Waals surface area contributed by atoms with Crippen molar-refractivity contribution in [3.05, 3.63) is 17.1 Å². The molecule has 2 heterocycles. The van der Waals surface area contributed by atoms with Crippen molar-refractivity contribution in [3.8, 4) is 0 Å². The molecule has 1 N–H and O–H groups in total. The minimum Gasteiger partial charge on any atom is -0.373 e. The molecule has 21 heavy (non-hydrogen) atoms. The van der Waals surface area contributed by atoms with E-state index in [1.54, 1.807) is 0 Å². The Balaban J connectivity index is 1.61. The molecule has 6 rings (SSSR count). The average Bonchev–Trinajstić information content (AvgIpc) is 2.93. The van der Waals surface area contributed by atoms with Gasteiger partial charge in [0.15, 0.2) is 0 Å². The third kappa shape index (κ3) is 1.81. The molecule has 0 spiro atoms. The largest absolute Gasteiger partial charge is 0.373 e. The quantitative estimate of drug-likeness (QED) is 0.903. The van der Waals surface area contributed by atoms with Crippen LogP contribution in [-0.2, 0) is 16.9 Å². The summed E-state index contributed by atoms with van der Waals surface area (Å²) < 4.78 is 0. The number of aromatic nitrogens is 2. The Hall–Kier alpha value is -0.770. The van der Waals surface area contributed by atoms with Gasteiger partial charge in [-0.1, -0.05) is 0 Å². The first-order valence-corrected chi connectivity index (χ1v) is 9.57. The number of nitrogens with zero attached hydrogens (tertiary/aromatic N) is 2. The maximum absolute atomic E-state index is 5.08. The van der Waals surface area contributed by atoms with E-state index in [9.17, 15) is 0 Å². The van der Waals surface area contributed by atoms with Crippen molar-refractivity contribution in [3.63, 3.8) is 0 Å². The monoisotopic (exact) mass is 301 g/mol. The predicted octanol–water partition coefficient (Wildman–Crippen LogP) is 3.73. The van der Waals surface area contributed by atoms with Gasteiger partial charge in [0.2, 0.25) is 0 Å². The van der Waals surface area contributed by atoms with Crippen LogP contribution in [0.2, 0.25) is 0 Å². The van der Waals surface area contributed by atoms with Crippen molar-refractivity contribution in [1.29, 1.82) is 0 Å². The molecule has 3 nitrogen and oxygen atoms in total. The van der Waals surface area contributed by atoms with E-state index >= 15 is 0 Å². The molecule has 1 aromatic heterocycles. The van der Waals surface area contributed by atoms with Gasteiger partial charge in [-0.15, -0.1) is 0 Å². The van der Waals surface area contributed by atoms with Crippen LogP contribution >= 0.6 is 11.8 Å². The Kier molecular flexibility index (Phi) is 2.65. The van der Waals surface area contributed by atoms with Crippen molar-refractivity contribution in [1.82, 2.24) is 9.97 Å². The Morgan fingerprint density at radius 1 is 1.00 bits per heavy atom. The van der Waals surface area contributed by atoms with Gasteiger partial charge >= 0.3 is 0 Å². The fourth-order valence-electron chi connectivity index (χ4n) is 5.88. The highest BCUT2D eigenvalue weighted by Crippen LogP contribution is 2.60. The van der Waals surface area contributed by atoms with Gasteiger partial charge in [-0.3, -0.25) is 0 Å². The average molecular weight is 301 g/mol. The number of thioether (sulfide) groups is 1. The fourth-order valence-corrected chi connectivity index (χ4v) is 6.92. The van der Waals surface area contributed by atoms with Gasteiger partial charge in [0, 0.05) is 29.5 Å². The van der Waals surface area contributed by atoms with E-state index in [0.717, 1.165) is 35.1 Å². The van der Waals surface area contributed by atoms with E-state index in [0.29, 0.717) is 5.41 Å². The smallest absolute Gasteiger partial charge is 0.137 e. The van der Waals surface area contributed by atoms with Crippen molar-refractivity contribution >= 4 is 17.6 Å². The molecule has 0 saturated heterocycles. The Bertz CT molecular complexity index is 563. The SMILES string of the molecule is CNc1nc(C23CC4CC(CC(C4)C2)C3)nc2c1CSC2. The van der Waals surface area contributed by atoms with E-state index in [2.05, 4.69) is 5.32 Å². The first-order valence-electron chi connectivity index (χ1n) is 8.41. The van der Waals surface area contributed by atoms with E-state index in [1.807, 2.05) is 18.8 Å². The Morgan fingerprint density at radius 2 is 1.67 bits per heavy atom. The number of rotatable bonds is 2. The lowest BCUT2D eigenvalue weighted by Crippen LogP contribution is -2.49. The van der Waals surface area contributed by atoms with E-state index < -0.39 is 0 Å². The summed E-state index contributed by atoms with van der Waals surface area (Å²) in [5.74, 6) is 7.32. The Labute approximate surface area is 130 Å². The zero-order valence-corrected chi connectivity index (χ0v) is 13.5. The molecular weight excluding hydrogens is 278 g/mol. The van der Waals surface area contributed by atoms with Gasteiger partial charge in [-0.05, 0) is 56.3 Å². The van der Waals surface area contributed by atoms with Crippen LogP contribution in [0.15, 0.2) is 0 Å². The minimum absolute atomic E-state index is 0.322. The molecule has 1 aliphatic heterocycles. The molecule has 4 fully saturated rings. The first-order chi connectivity index (χ1) is 10.3. The highest BCUT2D eigenvalue weighted by molar-refractivity contribution is 7.98. The second kappa shape index (κ2) is 4.37. The third-order valence-electron chi connectivity index (χ3n) is 6.33. The van der Waals surface area contributed by atoms with Crippen molar-refractivity contribution in [2.45, 2.75) is 55.4 Å². The first kappa shape index (κ1) is 12.7. The Morgan fingerprint density at radius 3 is 2.29 bits per heavy atom. The van der Waals surface area contributed by atoms with Crippen LogP contribution in [0.4, 0.5) is 5.82 Å². The van der Waals surface area contributed by atoms with Crippen molar-refractivity contribution in [2.24, 2.45) is 17.8 Å². The molecule has 4 heteroatoms. The predicted molar refractivity (Wildman–Crippen MR) is 86.4 cm³/mol. The standard InChI is InChI=1S/C17H23N3S/c1-18-15-13-8-21-9-14(13)19-16(20-15)17-5-10-2-11(6-17)4-12(3-10)7-17/h10-12H,2-9H2,1H3,(H,18,19,20). The molecule has 0 radical (unpaired) electrons. The summed E-state index contributed by atoms with van der Waals surface area (Å²) in [5.41, 5.74) is 2.99. The third-order valence-corrected chi connectivity index (χ3v) is 7.30. The zero-order chi connectivity index (χ0) is 14.0. The number of anilines is 1. The molecule has 0 aromatic carbocycles. The summed E-state index contributed by atoms with van der Waals surface area (Å²) >= 11 is 1.98. The van der Waals surface area contributed by atoms with Crippen LogP contribution in [0.3, 0.4) is 0 Å². The van der Waals surface area contributed by atoms with Gasteiger partial charge < -0.3 is 5.32 Å². The normalized spacial score (nSPS) is 39.6. The fraction of sp³-hybridized carbons (Fsp3) is 0.765. The highest BCUT2D eigenvalue weighted by atomic mass is 32.2. The van der Waals surface area contributed by atoms with Gasteiger partial charge in [0.25, 0.3) is 0 Å². The van der Waals surface area contributed by atoms with Gasteiger partial charge in [0.05, 0.1) is 5.69 Å². The molecule has 4 bridgehead atoms. The summed E-state index contributed by atoms with van der Waals surface area (Å²) in [7, 11) is 2.01. The highest BCUT2D eigenvalue weighted by Gasteiger charge is 2.53. The van der Waals surface area contributed by atoms with E-state index in [1.165, 1.54) is 55.6 Å². The molecule has 0 atom stereocenters. The lowest BCUT2D eigenvalue weighted by molar-refractivity contribution is -0.00941. The zero-order valence-electron chi connectivity index (χ0n) is 12.7. The number of hydrogen-bond acceptors (Lipinski definition) is 4. The molecule has 112 valence electrons. The maximum atomic E-state index is 5.08. The molecule has 5 aliphatic rings. The molecule has 0 unspecified atom stereocenters. The maximum Gasteiger partial charge on any atom is 0.137 e. The summed E-state index contributed by atoms with van der Waals surface area (Å²) in [6, 6.07) is 0. The van der Waals surface area contributed by atoms with Crippen LogP contribution in [-0.4, -0.2) is 17.0 Å². The lowest BCUT2D eigenvalue weighted by Gasteiger charge is -2.56. The molecule has 4 aliphatic carbocycles. The number of fused-ring (bicyclic) bond motifs is 1. The van der Waals surface area contributed by atoms with Gasteiger partial charge in [0.1, 0.15) is 11.6 Å². The topological polar surface area (TPSA) is 37.8 Å². The second-order valence-electron chi connectivity index (χ2n) is 7.76. The van der Waals surface area contributed by atoms with E-state index in [-0.39, 0.29) is 0 Å². The summed E-state index contributed by atoms with van der Waals surface area (Å²) in [6.45, 7) is 0. The summed E-state index contributed by atoms with van der Waals surface area (Å²) in [4.78, 5) is 10.1. The van der Waals surface area contributed by atoms with Crippen molar-refractivity contribution < 1.29 is 0 Å². The molecular formula is C17H23N3S. The van der Waals surface area contributed by atoms with Crippen LogP contribution in [0.25, 0.3) is 0 Å². The summed E-state index contributed by atoms with van der Waals surface area (Å²) in [5, 5.41) is 3.34. The van der Waals surface area contributed by atoms with Crippen LogP contribution in [0.1, 0.15) is 55.6 Å². The molecule has 0 amide bonds. The van der Waals surface area contributed by atoms with Crippen LogP contribution < -0.4 is 5.32 Å². The van der Waals surface area contributed by atoms with Gasteiger partial charge in [-0.25, -0.2) is 9.97 Å². The van der Waals surface area contributed by atoms with Crippen LogP contribution in [0.5, 0.6) is 0 Å². The van der Waals surface area contributed by atoms with Crippen molar-refractivity contribution in [2.75, 3.05) is 12.4 Å². The molecule has 4 saturated carbocycles. The lowest BCUT2D eigenvalue weighted by atomic mass is 9.49. The second-order valence-corrected chi connectivity index (χ2v) is 8.75. The summed E-state index contributed by atoms with van der Waals surface area (Å²) in [6.07, 6.45) is 8.52. The number of nitrogens with one attached hydrogen (secondary N) is 1. The molecule has 1 aromatic rings. The minimum atomic E-state index is 0.322. The van der Waals surface area contributed by atoms with Gasteiger partial charge in [-0.2, -0.15) is 11.8 Å². The van der Waals surface area contributed by atoms with Crippen LogP contribution in [0, 0.1) is 17.8 Å².